The number of carbonyl (C=O) groups excluding carboxylic acids is 1. The monoisotopic (exact) mass is 491 g/mol. The van der Waals surface area contributed by atoms with Gasteiger partial charge >= 0.3 is 0 Å². The third kappa shape index (κ3) is 5.21. The number of furan rings is 1. The summed E-state index contributed by atoms with van der Waals surface area (Å²) < 4.78 is 17.1. The van der Waals surface area contributed by atoms with E-state index in [1.54, 1.807) is 19.4 Å². The van der Waals surface area contributed by atoms with Crippen molar-refractivity contribution in [2.45, 2.75) is 20.4 Å². The van der Waals surface area contributed by atoms with Gasteiger partial charge in [0.15, 0.2) is 0 Å². The fourth-order valence-corrected chi connectivity index (χ4v) is 4.52. The molecule has 5 nitrogen and oxygen atoms in total. The predicted octanol–water partition coefficient (Wildman–Crippen LogP) is 7.38. The molecule has 1 amide bonds. The Balaban J connectivity index is 1.46. The quantitative estimate of drug-likeness (QED) is 0.230. The number of benzene rings is 4. The van der Waals surface area contributed by atoms with Crippen LogP contribution in [0.2, 0.25) is 0 Å². The van der Waals surface area contributed by atoms with Gasteiger partial charge in [-0.25, -0.2) is 0 Å². The molecule has 0 saturated heterocycles. The molecular formula is C32H29NO4. The molecule has 0 aliphatic carbocycles. The molecule has 37 heavy (non-hydrogen) atoms. The molecule has 5 aromatic rings. The second-order valence-electron chi connectivity index (χ2n) is 8.89. The van der Waals surface area contributed by atoms with Crippen molar-refractivity contribution in [2.24, 2.45) is 0 Å². The highest BCUT2D eigenvalue weighted by Gasteiger charge is 2.15. The molecular weight excluding hydrogens is 462 g/mol. The molecule has 5 heteroatoms. The number of ether oxygens (including phenoxy) is 2. The Morgan fingerprint density at radius 2 is 1.81 bits per heavy atom. The molecule has 0 atom stereocenters. The Bertz CT molecular complexity index is 1610. The van der Waals surface area contributed by atoms with Crippen LogP contribution in [0.5, 0.6) is 11.5 Å². The number of allylic oxidation sites excluding steroid dienone is 1. The molecule has 0 radical (unpaired) electrons. The first kappa shape index (κ1) is 24.2. The fourth-order valence-electron chi connectivity index (χ4n) is 4.52. The van der Waals surface area contributed by atoms with E-state index in [9.17, 15) is 4.79 Å². The minimum Gasteiger partial charge on any atom is -0.497 e. The van der Waals surface area contributed by atoms with Crippen LogP contribution in [0.3, 0.4) is 0 Å². The van der Waals surface area contributed by atoms with Crippen molar-refractivity contribution in [3.8, 4) is 22.6 Å². The van der Waals surface area contributed by atoms with Crippen molar-refractivity contribution >= 4 is 33.2 Å². The topological polar surface area (TPSA) is 60.7 Å². The summed E-state index contributed by atoms with van der Waals surface area (Å²) in [7, 11) is 1.63. The molecule has 4 aromatic carbocycles. The van der Waals surface area contributed by atoms with Gasteiger partial charge in [-0.05, 0) is 65.6 Å². The highest BCUT2D eigenvalue weighted by molar-refractivity contribution is 6.01. The van der Waals surface area contributed by atoms with Gasteiger partial charge in [0.1, 0.15) is 17.1 Å². The molecule has 5 rings (SSSR count). The largest absolute Gasteiger partial charge is 0.497 e. The van der Waals surface area contributed by atoms with Gasteiger partial charge in [-0.15, -0.1) is 0 Å². The maximum atomic E-state index is 12.8. The van der Waals surface area contributed by atoms with Crippen molar-refractivity contribution < 1.29 is 18.7 Å². The fraction of sp³-hybridized carbons (Fsp3) is 0.156. The maximum Gasteiger partial charge on any atom is 0.244 e. The molecule has 1 heterocycles. The smallest absolute Gasteiger partial charge is 0.244 e. The Kier molecular flexibility index (Phi) is 6.95. The number of hydrogen-bond donors (Lipinski definition) is 1. The Hall–Kier alpha value is -4.51. The van der Waals surface area contributed by atoms with E-state index in [4.69, 9.17) is 13.9 Å². The van der Waals surface area contributed by atoms with Gasteiger partial charge in [0.05, 0.1) is 20.0 Å². The molecule has 1 aromatic heterocycles. The van der Waals surface area contributed by atoms with E-state index in [0.717, 1.165) is 44.5 Å². The third-order valence-corrected chi connectivity index (χ3v) is 6.41. The highest BCUT2D eigenvalue weighted by atomic mass is 16.5. The van der Waals surface area contributed by atoms with Crippen LogP contribution in [-0.4, -0.2) is 19.6 Å². The summed E-state index contributed by atoms with van der Waals surface area (Å²) in [5.41, 5.74) is 5.44. The van der Waals surface area contributed by atoms with Crippen LogP contribution in [0, 0.1) is 0 Å². The van der Waals surface area contributed by atoms with Gasteiger partial charge in [-0.1, -0.05) is 48.5 Å². The van der Waals surface area contributed by atoms with Gasteiger partial charge in [0, 0.05) is 35.2 Å². The average Bonchev–Trinajstić information content (AvgIpc) is 3.34. The maximum absolute atomic E-state index is 12.8. The summed E-state index contributed by atoms with van der Waals surface area (Å²) in [6, 6.07) is 26.3. The first-order chi connectivity index (χ1) is 18.1. The van der Waals surface area contributed by atoms with Gasteiger partial charge in [-0.3, -0.25) is 4.79 Å². The predicted molar refractivity (Wildman–Crippen MR) is 149 cm³/mol. The molecule has 0 saturated carbocycles. The van der Waals surface area contributed by atoms with E-state index in [0.29, 0.717) is 18.9 Å². The molecule has 0 fully saturated rings. The van der Waals surface area contributed by atoms with Gasteiger partial charge in [0.25, 0.3) is 0 Å². The van der Waals surface area contributed by atoms with Crippen molar-refractivity contribution in [1.29, 1.82) is 0 Å². The van der Waals surface area contributed by atoms with Crippen LogP contribution < -0.4 is 14.8 Å². The molecule has 186 valence electrons. The highest BCUT2D eigenvalue weighted by Crippen LogP contribution is 2.38. The Morgan fingerprint density at radius 1 is 0.973 bits per heavy atom. The minimum absolute atomic E-state index is 0.176. The number of amides is 1. The molecule has 0 aliphatic rings. The van der Waals surface area contributed by atoms with Crippen molar-refractivity contribution in [2.75, 3.05) is 13.7 Å². The minimum atomic E-state index is -0.176. The summed E-state index contributed by atoms with van der Waals surface area (Å²) in [4.78, 5) is 12.8. The number of methoxy groups -OCH3 is 1. The van der Waals surface area contributed by atoms with Crippen LogP contribution in [0.4, 0.5) is 0 Å². The van der Waals surface area contributed by atoms with Crippen LogP contribution in [-0.2, 0) is 11.3 Å². The van der Waals surface area contributed by atoms with Crippen LogP contribution in [0.15, 0.2) is 95.6 Å². The Morgan fingerprint density at radius 3 is 2.62 bits per heavy atom. The molecule has 1 N–H and O–H groups in total. The zero-order chi connectivity index (χ0) is 25.8. The zero-order valence-electron chi connectivity index (χ0n) is 21.2. The van der Waals surface area contributed by atoms with E-state index in [2.05, 4.69) is 41.7 Å². The van der Waals surface area contributed by atoms with Crippen LogP contribution in [0.25, 0.3) is 38.4 Å². The second-order valence-corrected chi connectivity index (χ2v) is 8.89. The summed E-state index contributed by atoms with van der Waals surface area (Å²) in [5.74, 6) is 1.27. The standard InChI is InChI=1S/C32H29NO4/c1-4-36-30-18-31-28(29(20-37-31)25-13-12-23-9-5-6-10-24(23)16-25)17-27(30)21(2)14-32(34)33-19-22-8-7-11-26(15-22)35-3/h5-18,20H,4,19H2,1-3H3,(H,33,34)/b21-14+. The SMILES string of the molecule is CCOc1cc2occ(-c3ccc4ccccc4c3)c2cc1/C(C)=C/C(=O)NCc1cccc(OC)c1. The normalized spacial score (nSPS) is 11.6. The number of fused-ring (bicyclic) bond motifs is 2. The van der Waals surface area contributed by atoms with E-state index in [-0.39, 0.29) is 5.91 Å². The zero-order valence-corrected chi connectivity index (χ0v) is 21.2. The average molecular weight is 492 g/mol. The first-order valence-electron chi connectivity index (χ1n) is 12.3. The Labute approximate surface area is 216 Å². The van der Waals surface area contributed by atoms with Crippen molar-refractivity contribution in [3.63, 3.8) is 0 Å². The lowest BCUT2D eigenvalue weighted by atomic mass is 9.97. The number of nitrogens with one attached hydrogen (secondary N) is 1. The van der Waals surface area contributed by atoms with Crippen LogP contribution >= 0.6 is 0 Å². The van der Waals surface area contributed by atoms with Crippen LogP contribution in [0.1, 0.15) is 25.0 Å². The number of hydrogen-bond acceptors (Lipinski definition) is 4. The molecule has 0 bridgehead atoms. The van der Waals surface area contributed by atoms with Gasteiger partial charge in [-0.2, -0.15) is 0 Å². The summed E-state index contributed by atoms with van der Waals surface area (Å²) in [6.45, 7) is 4.78. The second kappa shape index (κ2) is 10.6. The van der Waals surface area contributed by atoms with E-state index in [1.807, 2.05) is 56.3 Å². The van der Waals surface area contributed by atoms with Gasteiger partial charge in [0.2, 0.25) is 5.91 Å². The van der Waals surface area contributed by atoms with E-state index >= 15 is 0 Å². The lowest BCUT2D eigenvalue weighted by molar-refractivity contribution is -0.116. The van der Waals surface area contributed by atoms with E-state index < -0.39 is 0 Å². The lowest BCUT2D eigenvalue weighted by Crippen LogP contribution is -2.20. The third-order valence-electron chi connectivity index (χ3n) is 6.41. The molecule has 0 aliphatic heterocycles. The summed E-state index contributed by atoms with van der Waals surface area (Å²) in [5, 5.41) is 6.29. The summed E-state index contributed by atoms with van der Waals surface area (Å²) in [6.07, 6.45) is 3.40. The molecule has 0 unspecified atom stereocenters. The van der Waals surface area contributed by atoms with Crippen molar-refractivity contribution in [3.05, 3.63) is 102 Å². The summed E-state index contributed by atoms with van der Waals surface area (Å²) >= 11 is 0. The number of rotatable bonds is 8. The van der Waals surface area contributed by atoms with E-state index in [1.165, 1.54) is 10.8 Å². The van der Waals surface area contributed by atoms with Crippen molar-refractivity contribution in [1.82, 2.24) is 5.32 Å². The lowest BCUT2D eigenvalue weighted by Gasteiger charge is -2.12. The van der Waals surface area contributed by atoms with Gasteiger partial charge < -0.3 is 19.2 Å². The number of carbonyl (C=O) groups is 1. The molecule has 0 spiro atoms. The first-order valence-corrected chi connectivity index (χ1v) is 12.3.